The first kappa shape index (κ1) is 17.1. The molecule has 0 radical (unpaired) electrons. The molecule has 114 valence electrons. The van der Waals surface area contributed by atoms with E-state index in [0.29, 0.717) is 19.8 Å². The fraction of sp³-hybridized carbons (Fsp3) is 0.643. The average molecular weight is 298 g/mol. The van der Waals surface area contributed by atoms with Gasteiger partial charge in [0.1, 0.15) is 0 Å². The molecule has 0 atom stereocenters. The van der Waals surface area contributed by atoms with E-state index in [4.69, 9.17) is 13.3 Å². The Kier molecular flexibility index (Phi) is 8.44. The Balaban J connectivity index is 2.40. The van der Waals surface area contributed by atoms with Gasteiger partial charge in [-0.15, -0.1) is 0 Å². The summed E-state index contributed by atoms with van der Waals surface area (Å²) in [5.41, 5.74) is 0. The van der Waals surface area contributed by atoms with Gasteiger partial charge in [0.15, 0.2) is 0 Å². The molecule has 0 spiro atoms. The summed E-state index contributed by atoms with van der Waals surface area (Å²) in [7, 11) is -2.46. The third-order valence-corrected chi connectivity index (χ3v) is 5.90. The fourth-order valence-electron chi connectivity index (χ4n) is 1.99. The Labute approximate surface area is 122 Å². The number of allylic oxidation sites excluding steroid dienone is 1. The number of imidazole rings is 1. The van der Waals surface area contributed by atoms with Crippen LogP contribution in [0.1, 0.15) is 33.6 Å². The summed E-state index contributed by atoms with van der Waals surface area (Å²) < 4.78 is 19.4. The van der Waals surface area contributed by atoms with Crippen LogP contribution in [0.3, 0.4) is 0 Å². The van der Waals surface area contributed by atoms with Crippen LogP contribution in [0.2, 0.25) is 6.04 Å². The third kappa shape index (κ3) is 6.00. The van der Waals surface area contributed by atoms with Crippen molar-refractivity contribution in [1.82, 2.24) is 9.55 Å². The van der Waals surface area contributed by atoms with Crippen LogP contribution in [-0.4, -0.2) is 38.2 Å². The molecule has 0 aliphatic carbocycles. The lowest BCUT2D eigenvalue weighted by Gasteiger charge is -2.28. The van der Waals surface area contributed by atoms with Gasteiger partial charge in [0, 0.05) is 44.5 Å². The average Bonchev–Trinajstić information content (AvgIpc) is 2.92. The summed E-state index contributed by atoms with van der Waals surface area (Å²) in [5.74, 6) is 0. The number of nitrogens with zero attached hydrogens (tertiary/aromatic N) is 2. The number of hydrogen-bond acceptors (Lipinski definition) is 4. The quantitative estimate of drug-likeness (QED) is 0.465. The van der Waals surface area contributed by atoms with Gasteiger partial charge in [-0.25, -0.2) is 4.98 Å². The Morgan fingerprint density at radius 3 is 2.25 bits per heavy atom. The van der Waals surface area contributed by atoms with E-state index in [0.717, 1.165) is 18.9 Å². The molecular formula is C14H26N2O3Si. The zero-order chi connectivity index (χ0) is 14.7. The standard InChI is InChI=1S/C14H26N2O3Si/c1-4-17-20(18-5-2,19-6-3)13-9-7-8-11-16-12-10-15-14-16/h8,10-12,14H,4-7,9,13H2,1-3H3. The predicted molar refractivity (Wildman–Crippen MR) is 82.2 cm³/mol. The minimum absolute atomic E-state index is 0.636. The second kappa shape index (κ2) is 9.87. The van der Waals surface area contributed by atoms with Crippen LogP contribution in [0.4, 0.5) is 0 Å². The summed E-state index contributed by atoms with van der Waals surface area (Å²) in [6, 6.07) is 0.858. The highest BCUT2D eigenvalue weighted by Gasteiger charge is 2.39. The van der Waals surface area contributed by atoms with Crippen molar-refractivity contribution >= 4 is 15.0 Å². The van der Waals surface area contributed by atoms with Crippen molar-refractivity contribution in [1.29, 1.82) is 0 Å². The van der Waals surface area contributed by atoms with Gasteiger partial charge in [-0.05, 0) is 33.6 Å². The van der Waals surface area contributed by atoms with Gasteiger partial charge in [-0.3, -0.25) is 0 Å². The van der Waals surface area contributed by atoms with Gasteiger partial charge in [0.05, 0.1) is 6.33 Å². The van der Waals surface area contributed by atoms with Crippen molar-refractivity contribution < 1.29 is 13.3 Å². The summed E-state index contributed by atoms with van der Waals surface area (Å²) in [5, 5.41) is 0. The zero-order valence-corrected chi connectivity index (χ0v) is 13.7. The monoisotopic (exact) mass is 298 g/mol. The number of rotatable bonds is 11. The van der Waals surface area contributed by atoms with E-state index < -0.39 is 8.80 Å². The third-order valence-electron chi connectivity index (χ3n) is 2.75. The van der Waals surface area contributed by atoms with E-state index in [1.54, 1.807) is 12.5 Å². The molecule has 0 aliphatic heterocycles. The lowest BCUT2D eigenvalue weighted by molar-refractivity contribution is 0.0709. The van der Waals surface area contributed by atoms with Gasteiger partial charge >= 0.3 is 8.80 Å². The maximum atomic E-state index is 5.82. The maximum absolute atomic E-state index is 5.82. The molecule has 0 fully saturated rings. The highest BCUT2D eigenvalue weighted by atomic mass is 28.4. The van der Waals surface area contributed by atoms with Crippen LogP contribution >= 0.6 is 0 Å². The summed E-state index contributed by atoms with van der Waals surface area (Å²) in [6.45, 7) is 7.86. The smallest absolute Gasteiger partial charge is 0.374 e. The molecule has 0 aromatic carbocycles. The molecule has 0 amide bonds. The molecule has 6 heteroatoms. The SMILES string of the molecule is CCO[Si](CCCC=Cn1ccnc1)(OCC)OCC. The van der Waals surface area contributed by atoms with Crippen LogP contribution in [-0.2, 0) is 13.3 Å². The summed E-state index contributed by atoms with van der Waals surface area (Å²) >= 11 is 0. The Bertz CT molecular complexity index is 351. The molecule has 0 saturated carbocycles. The molecule has 0 unspecified atom stereocenters. The molecule has 1 aromatic heterocycles. The van der Waals surface area contributed by atoms with Crippen molar-refractivity contribution in [2.24, 2.45) is 0 Å². The van der Waals surface area contributed by atoms with Gasteiger partial charge in [0.25, 0.3) is 0 Å². The van der Waals surface area contributed by atoms with Gasteiger partial charge in [-0.1, -0.05) is 6.08 Å². The van der Waals surface area contributed by atoms with Gasteiger partial charge in [-0.2, -0.15) is 0 Å². The molecule has 20 heavy (non-hydrogen) atoms. The van der Waals surface area contributed by atoms with E-state index >= 15 is 0 Å². The molecular weight excluding hydrogens is 272 g/mol. The molecule has 0 N–H and O–H groups in total. The molecule has 0 aliphatic rings. The minimum Gasteiger partial charge on any atom is -0.374 e. The molecule has 5 nitrogen and oxygen atoms in total. The number of hydrogen-bond donors (Lipinski definition) is 0. The summed E-state index contributed by atoms with van der Waals surface area (Å²) in [6.07, 6.45) is 11.6. The molecule has 0 bridgehead atoms. The first-order valence-corrected chi connectivity index (χ1v) is 9.25. The van der Waals surface area contributed by atoms with E-state index in [1.165, 1.54) is 0 Å². The Morgan fingerprint density at radius 2 is 1.75 bits per heavy atom. The van der Waals surface area contributed by atoms with Crippen LogP contribution in [0.5, 0.6) is 0 Å². The van der Waals surface area contributed by atoms with Crippen LogP contribution in [0.25, 0.3) is 6.20 Å². The predicted octanol–water partition coefficient (Wildman–Crippen LogP) is 3.18. The first-order chi connectivity index (χ1) is 9.76. The number of unbranched alkanes of at least 4 members (excludes halogenated alkanes) is 1. The van der Waals surface area contributed by atoms with E-state index in [-0.39, 0.29) is 0 Å². The van der Waals surface area contributed by atoms with E-state index in [2.05, 4.69) is 11.1 Å². The first-order valence-electron chi connectivity index (χ1n) is 7.32. The molecule has 0 saturated heterocycles. The highest BCUT2D eigenvalue weighted by Crippen LogP contribution is 2.19. The number of aromatic nitrogens is 2. The normalized spacial score (nSPS) is 12.3. The molecule has 1 heterocycles. The lowest BCUT2D eigenvalue weighted by Crippen LogP contribution is -2.45. The van der Waals surface area contributed by atoms with Crippen LogP contribution in [0, 0.1) is 0 Å². The van der Waals surface area contributed by atoms with Crippen molar-refractivity contribution in [2.45, 2.75) is 39.7 Å². The van der Waals surface area contributed by atoms with Crippen molar-refractivity contribution in [2.75, 3.05) is 19.8 Å². The van der Waals surface area contributed by atoms with Crippen molar-refractivity contribution in [3.8, 4) is 0 Å². The maximum Gasteiger partial charge on any atom is 0.500 e. The fourth-order valence-corrected chi connectivity index (χ4v) is 4.63. The minimum atomic E-state index is -2.46. The molecule has 1 rings (SSSR count). The lowest BCUT2D eigenvalue weighted by atomic mass is 10.3. The largest absolute Gasteiger partial charge is 0.500 e. The van der Waals surface area contributed by atoms with Gasteiger partial charge in [0.2, 0.25) is 0 Å². The Morgan fingerprint density at radius 1 is 1.10 bits per heavy atom. The summed E-state index contributed by atoms with van der Waals surface area (Å²) in [4.78, 5) is 3.99. The molecule has 1 aromatic rings. The Hall–Kier alpha value is -0.953. The second-order valence-electron chi connectivity index (χ2n) is 4.27. The second-order valence-corrected chi connectivity index (χ2v) is 7.00. The highest BCUT2D eigenvalue weighted by molar-refractivity contribution is 6.60. The van der Waals surface area contributed by atoms with Crippen LogP contribution < -0.4 is 0 Å². The van der Waals surface area contributed by atoms with Gasteiger partial charge < -0.3 is 17.8 Å². The topological polar surface area (TPSA) is 45.5 Å². The van der Waals surface area contributed by atoms with Crippen molar-refractivity contribution in [3.63, 3.8) is 0 Å². The van der Waals surface area contributed by atoms with Crippen molar-refractivity contribution in [3.05, 3.63) is 24.8 Å². The van der Waals surface area contributed by atoms with Crippen LogP contribution in [0.15, 0.2) is 24.8 Å². The van der Waals surface area contributed by atoms with E-state index in [9.17, 15) is 0 Å². The zero-order valence-electron chi connectivity index (χ0n) is 12.7. The van der Waals surface area contributed by atoms with E-state index in [1.807, 2.05) is 37.7 Å².